The average molecular weight is 327 g/mol. The van der Waals surface area contributed by atoms with Crippen LogP contribution in [0.1, 0.15) is 19.8 Å². The minimum atomic E-state index is -0.869. The number of aromatic nitrogens is 2. The lowest BCUT2D eigenvalue weighted by molar-refractivity contribution is -0.134. The zero-order valence-electron chi connectivity index (χ0n) is 13.1. The van der Waals surface area contributed by atoms with Crippen molar-refractivity contribution in [1.29, 1.82) is 0 Å². The quantitative estimate of drug-likeness (QED) is 0.734. The second kappa shape index (κ2) is 5.05. The minimum Gasteiger partial charge on any atom is -0.345 e. The molecule has 3 N–H and O–H groups in total. The summed E-state index contributed by atoms with van der Waals surface area (Å²) >= 11 is 0. The van der Waals surface area contributed by atoms with Crippen molar-refractivity contribution in [2.75, 3.05) is 11.9 Å². The number of carbonyl (C=O) groups excluding carboxylic acids is 3. The van der Waals surface area contributed by atoms with Crippen molar-refractivity contribution in [2.45, 2.75) is 25.3 Å². The zero-order valence-corrected chi connectivity index (χ0v) is 13.1. The fourth-order valence-electron chi connectivity index (χ4n) is 3.15. The van der Waals surface area contributed by atoms with Crippen LogP contribution in [-0.4, -0.2) is 44.8 Å². The van der Waals surface area contributed by atoms with Crippen LogP contribution < -0.4 is 10.6 Å². The highest BCUT2D eigenvalue weighted by molar-refractivity contribution is 6.10. The van der Waals surface area contributed by atoms with Crippen molar-refractivity contribution in [3.63, 3.8) is 0 Å². The first kappa shape index (κ1) is 14.7. The van der Waals surface area contributed by atoms with E-state index in [0.29, 0.717) is 5.69 Å². The summed E-state index contributed by atoms with van der Waals surface area (Å²) in [6.45, 7) is 1.43. The van der Waals surface area contributed by atoms with E-state index in [0.717, 1.165) is 28.8 Å². The number of rotatable bonds is 4. The number of imidazole rings is 1. The van der Waals surface area contributed by atoms with Crippen molar-refractivity contribution in [1.82, 2.24) is 20.2 Å². The molecule has 2 aromatic rings. The van der Waals surface area contributed by atoms with Crippen molar-refractivity contribution in [3.05, 3.63) is 24.5 Å². The summed E-state index contributed by atoms with van der Waals surface area (Å²) in [5, 5.41) is 5.43. The summed E-state index contributed by atoms with van der Waals surface area (Å²) in [7, 11) is 0. The van der Waals surface area contributed by atoms with Crippen LogP contribution >= 0.6 is 0 Å². The van der Waals surface area contributed by atoms with Gasteiger partial charge in [-0.15, -0.1) is 0 Å². The Balaban J connectivity index is 1.45. The predicted octanol–water partition coefficient (Wildman–Crippen LogP) is 1.22. The number of fused-ring (bicyclic) bond motifs is 1. The van der Waals surface area contributed by atoms with Gasteiger partial charge in [0.2, 0.25) is 5.91 Å². The summed E-state index contributed by atoms with van der Waals surface area (Å²) in [5.74, 6) is -0.573. The number of nitrogens with one attached hydrogen (secondary N) is 3. The van der Waals surface area contributed by atoms with E-state index >= 15 is 0 Å². The maximum Gasteiger partial charge on any atom is 0.325 e. The smallest absolute Gasteiger partial charge is 0.325 e. The van der Waals surface area contributed by atoms with Crippen molar-refractivity contribution in [3.8, 4) is 0 Å². The maximum absolute atomic E-state index is 12.5. The SMILES string of the molecule is CC1(C2CC2)NC(=O)N(CC(=O)Nc2ccc3nc[nH]c3c2)C1=O. The molecule has 1 aromatic carbocycles. The third-order valence-electron chi connectivity index (χ3n) is 4.70. The summed E-state index contributed by atoms with van der Waals surface area (Å²) in [6.07, 6.45) is 3.42. The summed E-state index contributed by atoms with van der Waals surface area (Å²) in [4.78, 5) is 44.8. The highest BCUT2D eigenvalue weighted by atomic mass is 16.2. The van der Waals surface area contributed by atoms with Gasteiger partial charge in [-0.1, -0.05) is 0 Å². The van der Waals surface area contributed by atoms with Gasteiger partial charge >= 0.3 is 6.03 Å². The Bertz CT molecular complexity index is 856. The molecule has 2 fully saturated rings. The molecule has 124 valence electrons. The molecular formula is C16H17N5O3. The number of benzene rings is 1. The first-order chi connectivity index (χ1) is 11.5. The molecule has 8 nitrogen and oxygen atoms in total. The lowest BCUT2D eigenvalue weighted by Crippen LogP contribution is -2.46. The van der Waals surface area contributed by atoms with Crippen molar-refractivity contribution < 1.29 is 14.4 Å². The second-order valence-corrected chi connectivity index (χ2v) is 6.48. The number of H-pyrrole nitrogens is 1. The number of hydrogen-bond donors (Lipinski definition) is 3. The first-order valence-corrected chi connectivity index (χ1v) is 7.84. The molecule has 0 bridgehead atoms. The molecule has 24 heavy (non-hydrogen) atoms. The third-order valence-corrected chi connectivity index (χ3v) is 4.70. The van der Waals surface area contributed by atoms with Gasteiger partial charge in [-0.25, -0.2) is 9.78 Å². The van der Waals surface area contributed by atoms with Gasteiger partial charge < -0.3 is 15.6 Å². The average Bonchev–Trinajstić information content (AvgIpc) is 3.26. The molecule has 1 aliphatic heterocycles. The summed E-state index contributed by atoms with van der Waals surface area (Å²) < 4.78 is 0. The lowest BCUT2D eigenvalue weighted by Gasteiger charge is -2.20. The highest BCUT2D eigenvalue weighted by Gasteiger charge is 2.56. The van der Waals surface area contributed by atoms with Gasteiger partial charge in [0.25, 0.3) is 5.91 Å². The Kier molecular flexibility index (Phi) is 3.09. The van der Waals surface area contributed by atoms with Crippen LogP contribution in [0.2, 0.25) is 0 Å². The second-order valence-electron chi connectivity index (χ2n) is 6.48. The highest BCUT2D eigenvalue weighted by Crippen LogP contribution is 2.42. The minimum absolute atomic E-state index is 0.171. The van der Waals surface area contributed by atoms with E-state index in [-0.39, 0.29) is 18.4 Å². The molecule has 8 heteroatoms. The monoisotopic (exact) mass is 327 g/mol. The third kappa shape index (κ3) is 2.31. The Morgan fingerprint density at radius 1 is 1.42 bits per heavy atom. The van der Waals surface area contributed by atoms with Crippen LogP contribution in [0.5, 0.6) is 0 Å². The predicted molar refractivity (Wildman–Crippen MR) is 86.1 cm³/mol. The molecule has 1 atom stereocenters. The number of imide groups is 1. The molecule has 4 rings (SSSR count). The van der Waals surface area contributed by atoms with Gasteiger partial charge in [0.15, 0.2) is 0 Å². The van der Waals surface area contributed by atoms with Gasteiger partial charge in [0.05, 0.1) is 17.4 Å². The van der Waals surface area contributed by atoms with Gasteiger partial charge in [-0.2, -0.15) is 0 Å². The Hall–Kier alpha value is -2.90. The normalized spacial score (nSPS) is 23.6. The fraction of sp³-hybridized carbons (Fsp3) is 0.375. The van der Waals surface area contributed by atoms with E-state index in [1.54, 1.807) is 31.5 Å². The molecular weight excluding hydrogens is 310 g/mol. The number of amides is 4. The van der Waals surface area contributed by atoms with Crippen LogP contribution in [0.15, 0.2) is 24.5 Å². The molecule has 2 heterocycles. The van der Waals surface area contributed by atoms with E-state index in [2.05, 4.69) is 20.6 Å². The van der Waals surface area contributed by atoms with Crippen LogP contribution in [0.3, 0.4) is 0 Å². The number of aromatic amines is 1. The Morgan fingerprint density at radius 3 is 2.96 bits per heavy atom. The number of carbonyl (C=O) groups is 3. The molecule has 4 amide bonds. The van der Waals surface area contributed by atoms with Crippen molar-refractivity contribution in [2.24, 2.45) is 5.92 Å². The van der Waals surface area contributed by atoms with Gasteiger partial charge in [0, 0.05) is 5.69 Å². The molecule has 1 saturated heterocycles. The lowest BCUT2D eigenvalue weighted by atomic mass is 9.96. The number of urea groups is 1. The molecule has 0 spiro atoms. The van der Waals surface area contributed by atoms with E-state index in [4.69, 9.17) is 0 Å². The summed E-state index contributed by atoms with van der Waals surface area (Å²) in [5.41, 5.74) is 1.30. The van der Waals surface area contributed by atoms with Gasteiger partial charge in [-0.3, -0.25) is 14.5 Å². The first-order valence-electron chi connectivity index (χ1n) is 7.84. The molecule has 1 unspecified atom stereocenters. The number of anilines is 1. The summed E-state index contributed by atoms with van der Waals surface area (Å²) in [6, 6.07) is 4.75. The van der Waals surface area contributed by atoms with Gasteiger partial charge in [-0.05, 0) is 43.9 Å². The van der Waals surface area contributed by atoms with E-state index < -0.39 is 17.5 Å². The molecule has 0 radical (unpaired) electrons. The van der Waals surface area contributed by atoms with Crippen LogP contribution in [-0.2, 0) is 9.59 Å². The van der Waals surface area contributed by atoms with Crippen molar-refractivity contribution >= 4 is 34.6 Å². The number of hydrogen-bond acceptors (Lipinski definition) is 4. The Labute approximate surface area is 137 Å². The molecule has 1 saturated carbocycles. The van der Waals surface area contributed by atoms with Crippen LogP contribution in [0.4, 0.5) is 10.5 Å². The maximum atomic E-state index is 12.5. The molecule has 2 aliphatic rings. The van der Waals surface area contributed by atoms with Crippen LogP contribution in [0, 0.1) is 5.92 Å². The molecule has 1 aliphatic carbocycles. The van der Waals surface area contributed by atoms with E-state index in [1.165, 1.54) is 0 Å². The van der Waals surface area contributed by atoms with E-state index in [1.807, 2.05) is 0 Å². The topological polar surface area (TPSA) is 107 Å². The number of nitrogens with zero attached hydrogens (tertiary/aromatic N) is 2. The van der Waals surface area contributed by atoms with E-state index in [9.17, 15) is 14.4 Å². The Morgan fingerprint density at radius 2 is 2.21 bits per heavy atom. The standard InChI is InChI=1S/C16H17N5O3/c1-16(9-2-3-9)14(23)21(15(24)20-16)7-13(22)19-10-4-5-11-12(6-10)18-8-17-11/h4-6,8-9H,2-3,7H2,1H3,(H,17,18)(H,19,22)(H,20,24). The fourth-order valence-corrected chi connectivity index (χ4v) is 3.15. The largest absolute Gasteiger partial charge is 0.345 e. The van der Waals surface area contributed by atoms with Crippen LogP contribution in [0.25, 0.3) is 11.0 Å². The zero-order chi connectivity index (χ0) is 16.9. The molecule has 1 aromatic heterocycles. The van der Waals surface area contributed by atoms with Gasteiger partial charge in [0.1, 0.15) is 12.1 Å².